The zero-order valence-electron chi connectivity index (χ0n) is 11.9. The molecule has 0 aliphatic heterocycles. The van der Waals surface area contributed by atoms with Crippen LogP contribution in [0.15, 0.2) is 33.6 Å². The van der Waals surface area contributed by atoms with Crippen molar-refractivity contribution < 1.29 is 5.11 Å². The zero-order valence-corrected chi connectivity index (χ0v) is 14.3. The fourth-order valence-corrected chi connectivity index (χ4v) is 3.34. The summed E-state index contributed by atoms with van der Waals surface area (Å²) in [7, 11) is 1.91. The molecule has 0 radical (unpaired) electrons. The number of benzene rings is 1. The van der Waals surface area contributed by atoms with Crippen LogP contribution in [0.25, 0.3) is 0 Å². The monoisotopic (exact) mass is 354 g/mol. The first-order chi connectivity index (χ1) is 9.47. The largest absolute Gasteiger partial charge is 0.392 e. The van der Waals surface area contributed by atoms with Crippen LogP contribution in [-0.4, -0.2) is 26.7 Å². The summed E-state index contributed by atoms with van der Waals surface area (Å²) in [5, 5.41) is 14.5. The lowest BCUT2D eigenvalue weighted by Crippen LogP contribution is -2.16. The first kappa shape index (κ1) is 15.6. The second-order valence-electron chi connectivity index (χ2n) is 4.95. The summed E-state index contributed by atoms with van der Waals surface area (Å²) in [5.41, 5.74) is 3.25. The van der Waals surface area contributed by atoms with Gasteiger partial charge in [-0.15, -0.1) is 11.8 Å². The minimum atomic E-state index is -0.382. The van der Waals surface area contributed by atoms with E-state index in [2.05, 4.69) is 52.2 Å². The Kier molecular flexibility index (Phi) is 5.29. The third kappa shape index (κ3) is 3.87. The quantitative estimate of drug-likeness (QED) is 0.835. The Balaban J connectivity index is 1.92. The second kappa shape index (κ2) is 6.78. The van der Waals surface area contributed by atoms with Gasteiger partial charge in [-0.25, -0.2) is 0 Å². The van der Waals surface area contributed by atoms with Crippen LogP contribution in [0.5, 0.6) is 0 Å². The first-order valence-corrected chi connectivity index (χ1v) is 8.30. The molecule has 1 atom stereocenters. The van der Waals surface area contributed by atoms with E-state index in [1.807, 2.05) is 18.7 Å². The topological polar surface area (TPSA) is 38.1 Å². The Morgan fingerprint density at radius 3 is 2.50 bits per heavy atom. The Morgan fingerprint density at radius 2 is 1.95 bits per heavy atom. The van der Waals surface area contributed by atoms with Crippen LogP contribution in [0.4, 0.5) is 0 Å². The average molecular weight is 355 g/mol. The summed E-state index contributed by atoms with van der Waals surface area (Å²) in [6, 6.07) is 8.37. The lowest BCUT2D eigenvalue weighted by molar-refractivity contribution is 0.197. The normalized spacial score (nSPS) is 12.7. The Labute approximate surface area is 132 Å². The second-order valence-corrected chi connectivity index (χ2v) is 6.84. The number of aryl methyl sites for hydroxylation is 3. The van der Waals surface area contributed by atoms with Crippen molar-refractivity contribution in [2.75, 3.05) is 5.75 Å². The molecule has 0 fully saturated rings. The molecule has 108 valence electrons. The molecule has 2 rings (SSSR count). The fourth-order valence-electron chi connectivity index (χ4n) is 2.01. The van der Waals surface area contributed by atoms with Gasteiger partial charge in [0, 0.05) is 24.1 Å². The molecule has 0 aliphatic rings. The average Bonchev–Trinajstić information content (AvgIpc) is 2.65. The SMILES string of the molecule is Cc1ccc(SCC(O)Cc2c(Br)c(C)nn2C)cc1. The molecular weight excluding hydrogens is 336 g/mol. The molecule has 5 heteroatoms. The van der Waals surface area contributed by atoms with Gasteiger partial charge in [0.1, 0.15) is 0 Å². The molecule has 0 amide bonds. The van der Waals surface area contributed by atoms with Crippen molar-refractivity contribution >= 4 is 27.7 Å². The summed E-state index contributed by atoms with van der Waals surface area (Å²) in [6.07, 6.45) is 0.226. The minimum Gasteiger partial charge on any atom is -0.392 e. The predicted molar refractivity (Wildman–Crippen MR) is 87.3 cm³/mol. The highest BCUT2D eigenvalue weighted by Gasteiger charge is 2.15. The molecule has 0 spiro atoms. The van der Waals surface area contributed by atoms with Gasteiger partial charge in [-0.3, -0.25) is 4.68 Å². The van der Waals surface area contributed by atoms with Crippen molar-refractivity contribution in [3.8, 4) is 0 Å². The summed E-state index contributed by atoms with van der Waals surface area (Å²) in [5.74, 6) is 0.680. The number of aliphatic hydroxyl groups excluding tert-OH is 1. The number of nitrogens with zero attached hydrogens (tertiary/aromatic N) is 2. The van der Waals surface area contributed by atoms with Gasteiger partial charge in [0.2, 0.25) is 0 Å². The van der Waals surface area contributed by atoms with E-state index in [1.165, 1.54) is 10.5 Å². The van der Waals surface area contributed by atoms with Gasteiger partial charge in [-0.05, 0) is 41.9 Å². The highest BCUT2D eigenvalue weighted by Crippen LogP contribution is 2.24. The van der Waals surface area contributed by atoms with Crippen molar-refractivity contribution in [2.24, 2.45) is 7.05 Å². The maximum Gasteiger partial charge on any atom is 0.0738 e. The van der Waals surface area contributed by atoms with Crippen molar-refractivity contribution in [3.63, 3.8) is 0 Å². The van der Waals surface area contributed by atoms with Gasteiger partial charge in [-0.2, -0.15) is 5.10 Å². The molecule has 1 aromatic carbocycles. The van der Waals surface area contributed by atoms with E-state index >= 15 is 0 Å². The third-order valence-electron chi connectivity index (χ3n) is 3.15. The first-order valence-electron chi connectivity index (χ1n) is 6.53. The van der Waals surface area contributed by atoms with Crippen LogP contribution in [0, 0.1) is 13.8 Å². The molecule has 1 heterocycles. The smallest absolute Gasteiger partial charge is 0.0738 e. The van der Waals surface area contributed by atoms with E-state index in [4.69, 9.17) is 0 Å². The van der Waals surface area contributed by atoms with E-state index < -0.39 is 0 Å². The lowest BCUT2D eigenvalue weighted by atomic mass is 10.2. The van der Waals surface area contributed by atoms with Gasteiger partial charge in [-0.1, -0.05) is 17.7 Å². The number of hydrogen-bond acceptors (Lipinski definition) is 3. The van der Waals surface area contributed by atoms with Gasteiger partial charge >= 0.3 is 0 Å². The standard InChI is InChI=1S/C15H19BrN2OS/c1-10-4-6-13(7-5-10)20-9-12(19)8-14-15(16)11(2)17-18(14)3/h4-7,12,19H,8-9H2,1-3H3. The van der Waals surface area contributed by atoms with E-state index in [0.717, 1.165) is 15.9 Å². The highest BCUT2D eigenvalue weighted by molar-refractivity contribution is 9.10. The van der Waals surface area contributed by atoms with Crippen molar-refractivity contribution in [2.45, 2.75) is 31.3 Å². The summed E-state index contributed by atoms with van der Waals surface area (Å²) in [6.45, 7) is 4.03. The summed E-state index contributed by atoms with van der Waals surface area (Å²) in [4.78, 5) is 1.19. The van der Waals surface area contributed by atoms with Crippen molar-refractivity contribution in [1.82, 2.24) is 9.78 Å². The molecule has 0 saturated carbocycles. The van der Waals surface area contributed by atoms with Crippen molar-refractivity contribution in [3.05, 3.63) is 45.7 Å². The van der Waals surface area contributed by atoms with Crippen LogP contribution in [0.1, 0.15) is 17.0 Å². The molecule has 2 aromatic rings. The zero-order chi connectivity index (χ0) is 14.7. The van der Waals surface area contributed by atoms with Gasteiger partial charge in [0.15, 0.2) is 0 Å². The summed E-state index contributed by atoms with van der Waals surface area (Å²) < 4.78 is 2.83. The van der Waals surface area contributed by atoms with E-state index in [0.29, 0.717) is 12.2 Å². The molecule has 1 unspecified atom stereocenters. The number of aliphatic hydroxyl groups is 1. The molecule has 0 saturated heterocycles. The maximum atomic E-state index is 10.2. The molecule has 1 aromatic heterocycles. The fraction of sp³-hybridized carbons (Fsp3) is 0.400. The molecule has 0 bridgehead atoms. The van der Waals surface area contributed by atoms with Crippen LogP contribution >= 0.6 is 27.7 Å². The lowest BCUT2D eigenvalue weighted by Gasteiger charge is -2.11. The van der Waals surface area contributed by atoms with E-state index in [9.17, 15) is 5.11 Å². The number of hydrogen-bond donors (Lipinski definition) is 1. The summed E-state index contributed by atoms with van der Waals surface area (Å²) >= 11 is 5.21. The molecule has 3 nitrogen and oxygen atoms in total. The van der Waals surface area contributed by atoms with Gasteiger partial charge in [0.05, 0.1) is 22.0 Å². The number of halogens is 1. The van der Waals surface area contributed by atoms with Crippen molar-refractivity contribution in [1.29, 1.82) is 0 Å². The highest BCUT2D eigenvalue weighted by atomic mass is 79.9. The minimum absolute atomic E-state index is 0.382. The van der Waals surface area contributed by atoms with Gasteiger partial charge < -0.3 is 5.11 Å². The van der Waals surface area contributed by atoms with Crippen LogP contribution < -0.4 is 0 Å². The predicted octanol–water partition coefficient (Wildman–Crippen LogP) is 3.50. The molecule has 1 N–H and O–H groups in total. The van der Waals surface area contributed by atoms with Crippen LogP contribution in [0.3, 0.4) is 0 Å². The van der Waals surface area contributed by atoms with Gasteiger partial charge in [0.25, 0.3) is 0 Å². The molecule has 20 heavy (non-hydrogen) atoms. The third-order valence-corrected chi connectivity index (χ3v) is 5.34. The number of thioether (sulfide) groups is 1. The Morgan fingerprint density at radius 1 is 1.30 bits per heavy atom. The van der Waals surface area contributed by atoms with E-state index in [1.54, 1.807) is 11.8 Å². The van der Waals surface area contributed by atoms with Crippen LogP contribution in [0.2, 0.25) is 0 Å². The Hall–Kier alpha value is -0.780. The van der Waals surface area contributed by atoms with Crippen LogP contribution in [-0.2, 0) is 13.5 Å². The Bertz CT molecular complexity index is 580. The number of aromatic nitrogens is 2. The van der Waals surface area contributed by atoms with E-state index in [-0.39, 0.29) is 6.10 Å². The molecular formula is C15H19BrN2OS. The maximum absolute atomic E-state index is 10.2. The number of rotatable bonds is 5. The molecule has 0 aliphatic carbocycles.